The summed E-state index contributed by atoms with van der Waals surface area (Å²) in [5.41, 5.74) is 2.36. The Morgan fingerprint density at radius 3 is 2.52 bits per heavy atom. The number of nitrogens with zero attached hydrogens (tertiary/aromatic N) is 1. The van der Waals surface area contributed by atoms with E-state index in [1.54, 1.807) is 19.2 Å². The molecule has 0 aliphatic carbocycles. The van der Waals surface area contributed by atoms with Gasteiger partial charge < -0.3 is 19.5 Å². The van der Waals surface area contributed by atoms with Crippen LogP contribution in [-0.4, -0.2) is 48.6 Å². The molecule has 6 heteroatoms. The average Bonchev–Trinajstić information content (AvgIpc) is 3.03. The maximum Gasteiger partial charge on any atom is 0.295 e. The Morgan fingerprint density at radius 2 is 1.84 bits per heavy atom. The van der Waals surface area contributed by atoms with Crippen LogP contribution in [0.2, 0.25) is 0 Å². The van der Waals surface area contributed by atoms with E-state index in [-0.39, 0.29) is 11.3 Å². The minimum atomic E-state index is -0.691. The lowest BCUT2D eigenvalue weighted by Gasteiger charge is -2.25. The molecule has 1 amide bonds. The van der Waals surface area contributed by atoms with Crippen molar-refractivity contribution < 1.29 is 24.2 Å². The number of hydrogen-bond donors (Lipinski definition) is 1. The fourth-order valence-corrected chi connectivity index (χ4v) is 3.70. The molecule has 1 aliphatic heterocycles. The van der Waals surface area contributed by atoms with Gasteiger partial charge in [0.1, 0.15) is 11.5 Å². The summed E-state index contributed by atoms with van der Waals surface area (Å²) in [5, 5.41) is 11.1. The summed E-state index contributed by atoms with van der Waals surface area (Å²) in [7, 11) is 1.59. The lowest BCUT2D eigenvalue weighted by Crippen LogP contribution is -2.31. The number of aliphatic hydroxyl groups excluding tert-OH is 1. The highest BCUT2D eigenvalue weighted by Gasteiger charge is 2.45. The van der Waals surface area contributed by atoms with E-state index in [2.05, 4.69) is 0 Å². The maximum absolute atomic E-state index is 13.0. The molecule has 31 heavy (non-hydrogen) atoms. The first kappa shape index (κ1) is 22.6. The number of ketones is 1. The topological polar surface area (TPSA) is 76.1 Å². The van der Waals surface area contributed by atoms with Gasteiger partial charge in [-0.25, -0.2) is 0 Å². The molecule has 164 valence electrons. The van der Waals surface area contributed by atoms with E-state index in [0.29, 0.717) is 37.5 Å². The fraction of sp³-hybridized carbons (Fsp3) is 0.360. The van der Waals surface area contributed by atoms with Crippen LogP contribution in [0.4, 0.5) is 0 Å². The standard InChI is InChI=1S/C25H29NO5/c1-4-14-31-20-8-5-7-19(16-20)22-21(23(27)18-11-9-17(2)10-12-18)24(28)25(29)26(22)13-6-15-30-3/h5,7-12,16,22,27H,4,6,13-15H2,1-3H3/b23-21+. The van der Waals surface area contributed by atoms with Crippen LogP contribution in [0.15, 0.2) is 54.1 Å². The lowest BCUT2D eigenvalue weighted by molar-refractivity contribution is -0.140. The highest BCUT2D eigenvalue weighted by molar-refractivity contribution is 6.46. The number of amides is 1. The van der Waals surface area contributed by atoms with Crippen LogP contribution in [0.3, 0.4) is 0 Å². The first-order valence-corrected chi connectivity index (χ1v) is 10.5. The van der Waals surface area contributed by atoms with Gasteiger partial charge in [0.2, 0.25) is 0 Å². The van der Waals surface area contributed by atoms with Crippen LogP contribution in [0.1, 0.15) is 42.5 Å². The summed E-state index contributed by atoms with van der Waals surface area (Å²) in [4.78, 5) is 27.4. The molecule has 1 N–H and O–H groups in total. The third-order valence-electron chi connectivity index (χ3n) is 5.26. The summed E-state index contributed by atoms with van der Waals surface area (Å²) in [6, 6.07) is 13.9. The number of aliphatic hydroxyl groups is 1. The minimum absolute atomic E-state index is 0.0962. The van der Waals surface area contributed by atoms with Gasteiger partial charge in [-0.05, 0) is 37.5 Å². The quantitative estimate of drug-likeness (QED) is 0.283. The Kier molecular flexibility index (Phi) is 7.47. The van der Waals surface area contributed by atoms with Crippen LogP contribution < -0.4 is 4.74 Å². The molecule has 3 rings (SSSR count). The largest absolute Gasteiger partial charge is 0.507 e. The first-order valence-electron chi connectivity index (χ1n) is 10.5. The zero-order valence-electron chi connectivity index (χ0n) is 18.3. The second-order valence-electron chi connectivity index (χ2n) is 7.63. The van der Waals surface area contributed by atoms with Gasteiger partial charge in [0.05, 0.1) is 18.2 Å². The van der Waals surface area contributed by atoms with Crippen LogP contribution >= 0.6 is 0 Å². The molecular formula is C25H29NO5. The van der Waals surface area contributed by atoms with Crippen LogP contribution in [-0.2, 0) is 14.3 Å². The Bertz CT molecular complexity index is 964. The number of Topliss-reactive ketones (excluding diaryl/α,β-unsaturated/α-hetero) is 1. The van der Waals surface area contributed by atoms with Gasteiger partial charge in [0.15, 0.2) is 0 Å². The van der Waals surface area contributed by atoms with Gasteiger partial charge in [-0.3, -0.25) is 9.59 Å². The number of benzene rings is 2. The molecular weight excluding hydrogens is 394 g/mol. The van der Waals surface area contributed by atoms with Crippen LogP contribution in [0.25, 0.3) is 5.76 Å². The molecule has 0 bridgehead atoms. The number of methoxy groups -OCH3 is 1. The third-order valence-corrected chi connectivity index (χ3v) is 5.26. The van der Waals surface area contributed by atoms with Crippen molar-refractivity contribution in [2.24, 2.45) is 0 Å². The number of hydrogen-bond acceptors (Lipinski definition) is 5. The second kappa shape index (κ2) is 10.3. The summed E-state index contributed by atoms with van der Waals surface area (Å²) in [5.74, 6) is -0.801. The Labute approximate surface area is 183 Å². The van der Waals surface area contributed by atoms with E-state index in [4.69, 9.17) is 9.47 Å². The number of likely N-dealkylation sites (tertiary alicyclic amines) is 1. The van der Waals surface area contributed by atoms with E-state index in [9.17, 15) is 14.7 Å². The Balaban J connectivity index is 2.09. The highest BCUT2D eigenvalue weighted by atomic mass is 16.5. The summed E-state index contributed by atoms with van der Waals surface area (Å²) in [6.45, 7) is 5.35. The highest BCUT2D eigenvalue weighted by Crippen LogP contribution is 2.40. The van der Waals surface area contributed by atoms with E-state index >= 15 is 0 Å². The number of aryl methyl sites for hydroxylation is 1. The monoisotopic (exact) mass is 423 g/mol. The molecule has 0 saturated carbocycles. The van der Waals surface area contributed by atoms with Crippen molar-refractivity contribution in [2.45, 2.75) is 32.7 Å². The van der Waals surface area contributed by atoms with Crippen molar-refractivity contribution in [3.8, 4) is 5.75 Å². The average molecular weight is 424 g/mol. The lowest BCUT2D eigenvalue weighted by atomic mass is 9.95. The zero-order chi connectivity index (χ0) is 22.4. The van der Waals surface area contributed by atoms with Gasteiger partial charge in [0.25, 0.3) is 11.7 Å². The number of carbonyl (C=O) groups excluding carboxylic acids is 2. The first-order chi connectivity index (χ1) is 15.0. The molecule has 0 aromatic heterocycles. The third kappa shape index (κ3) is 4.97. The smallest absolute Gasteiger partial charge is 0.295 e. The SMILES string of the molecule is CCCOc1cccc(C2/C(=C(\O)c3ccc(C)cc3)C(=O)C(=O)N2CCCOC)c1. The van der Waals surface area contributed by atoms with Gasteiger partial charge in [0, 0.05) is 25.8 Å². The van der Waals surface area contributed by atoms with E-state index in [1.807, 2.05) is 50.2 Å². The van der Waals surface area contributed by atoms with Gasteiger partial charge in [-0.2, -0.15) is 0 Å². The Morgan fingerprint density at radius 1 is 1.10 bits per heavy atom. The minimum Gasteiger partial charge on any atom is -0.507 e. The summed E-state index contributed by atoms with van der Waals surface area (Å²) in [6.07, 6.45) is 1.45. The van der Waals surface area contributed by atoms with E-state index in [0.717, 1.165) is 17.5 Å². The van der Waals surface area contributed by atoms with Crippen LogP contribution in [0.5, 0.6) is 5.75 Å². The van der Waals surface area contributed by atoms with Crippen molar-refractivity contribution in [1.82, 2.24) is 4.90 Å². The molecule has 6 nitrogen and oxygen atoms in total. The molecule has 1 aliphatic rings. The predicted molar refractivity (Wildman–Crippen MR) is 119 cm³/mol. The normalized spacial score (nSPS) is 17.9. The van der Waals surface area contributed by atoms with Crippen molar-refractivity contribution in [2.75, 3.05) is 26.9 Å². The molecule has 2 aromatic carbocycles. The molecule has 1 unspecified atom stereocenters. The molecule has 0 spiro atoms. The second-order valence-corrected chi connectivity index (χ2v) is 7.63. The summed E-state index contributed by atoms with van der Waals surface area (Å²) < 4.78 is 10.9. The van der Waals surface area contributed by atoms with Gasteiger partial charge in [-0.1, -0.05) is 48.9 Å². The van der Waals surface area contributed by atoms with E-state index in [1.165, 1.54) is 4.90 Å². The molecule has 0 radical (unpaired) electrons. The Hall–Kier alpha value is -3.12. The van der Waals surface area contributed by atoms with Crippen LogP contribution in [0, 0.1) is 6.92 Å². The van der Waals surface area contributed by atoms with Gasteiger partial charge in [-0.15, -0.1) is 0 Å². The number of carbonyl (C=O) groups is 2. The van der Waals surface area contributed by atoms with Crippen molar-refractivity contribution in [3.63, 3.8) is 0 Å². The fourth-order valence-electron chi connectivity index (χ4n) is 3.70. The van der Waals surface area contributed by atoms with Gasteiger partial charge >= 0.3 is 0 Å². The molecule has 2 aromatic rings. The van der Waals surface area contributed by atoms with Crippen molar-refractivity contribution in [1.29, 1.82) is 0 Å². The molecule has 1 saturated heterocycles. The zero-order valence-corrected chi connectivity index (χ0v) is 18.3. The predicted octanol–water partition coefficient (Wildman–Crippen LogP) is 4.24. The summed E-state index contributed by atoms with van der Waals surface area (Å²) >= 11 is 0. The van der Waals surface area contributed by atoms with Crippen molar-refractivity contribution >= 4 is 17.4 Å². The van der Waals surface area contributed by atoms with Crippen molar-refractivity contribution in [3.05, 3.63) is 70.8 Å². The molecule has 1 atom stereocenters. The molecule has 1 fully saturated rings. The number of rotatable bonds is 9. The number of ether oxygens (including phenoxy) is 2. The maximum atomic E-state index is 13.0. The molecule has 1 heterocycles. The van der Waals surface area contributed by atoms with E-state index < -0.39 is 17.7 Å².